The van der Waals surface area contributed by atoms with Crippen LogP contribution >= 0.6 is 0 Å². The molecule has 0 amide bonds. The van der Waals surface area contributed by atoms with E-state index in [1.807, 2.05) is 0 Å². The zero-order chi connectivity index (χ0) is 15.3. The molecule has 21 heavy (non-hydrogen) atoms. The molecule has 0 spiro atoms. The van der Waals surface area contributed by atoms with Crippen LogP contribution in [0.2, 0.25) is 0 Å². The van der Waals surface area contributed by atoms with Crippen molar-refractivity contribution in [2.24, 2.45) is 0 Å². The number of unbranched alkanes of at least 4 members (excludes halogenated alkanes) is 8. The van der Waals surface area contributed by atoms with E-state index in [2.05, 4.69) is 43.0 Å². The second-order valence-corrected chi connectivity index (χ2v) is 6.49. The Balaban J connectivity index is 2.07. The SMILES string of the molecule is CCCCCCCCCCN1C=CN(CCCC)C1CC. The maximum absolute atomic E-state index is 2.56. The number of hydrogen-bond acceptors (Lipinski definition) is 2. The standard InChI is InChI=1S/C19H38N2/c1-4-7-9-10-11-12-13-14-16-21-18-17-20(15-8-5-2)19(21)6-3/h17-19H,4-16H2,1-3H3. The number of rotatable bonds is 13. The Kier molecular flexibility index (Phi) is 10.5. The third-order valence-corrected chi connectivity index (χ3v) is 4.62. The monoisotopic (exact) mass is 294 g/mol. The molecule has 0 saturated carbocycles. The summed E-state index contributed by atoms with van der Waals surface area (Å²) in [5.74, 6) is 0. The van der Waals surface area contributed by atoms with Crippen LogP contribution in [0.4, 0.5) is 0 Å². The van der Waals surface area contributed by atoms with E-state index in [0.717, 1.165) is 0 Å². The molecule has 0 aromatic rings. The van der Waals surface area contributed by atoms with Crippen LogP contribution in [0.15, 0.2) is 12.4 Å². The molecule has 0 saturated heterocycles. The van der Waals surface area contributed by atoms with E-state index in [0.29, 0.717) is 6.17 Å². The molecule has 0 radical (unpaired) electrons. The molecule has 0 aliphatic carbocycles. The summed E-state index contributed by atoms with van der Waals surface area (Å²) in [4.78, 5) is 5.10. The van der Waals surface area contributed by atoms with E-state index >= 15 is 0 Å². The van der Waals surface area contributed by atoms with Gasteiger partial charge < -0.3 is 9.80 Å². The summed E-state index contributed by atoms with van der Waals surface area (Å²) in [6.45, 7) is 9.35. The quantitative estimate of drug-likeness (QED) is 0.399. The van der Waals surface area contributed by atoms with Crippen LogP contribution in [0.25, 0.3) is 0 Å². The average molecular weight is 295 g/mol. The lowest BCUT2D eigenvalue weighted by Gasteiger charge is -2.32. The maximum Gasteiger partial charge on any atom is 0.100 e. The van der Waals surface area contributed by atoms with Gasteiger partial charge in [-0.05, 0) is 19.3 Å². The lowest BCUT2D eigenvalue weighted by molar-refractivity contribution is 0.144. The Labute approximate surface area is 133 Å². The first-order valence-corrected chi connectivity index (χ1v) is 9.53. The van der Waals surface area contributed by atoms with Gasteiger partial charge in [-0.3, -0.25) is 0 Å². The molecule has 1 unspecified atom stereocenters. The summed E-state index contributed by atoms with van der Waals surface area (Å²) in [5.41, 5.74) is 0. The third kappa shape index (κ3) is 7.24. The van der Waals surface area contributed by atoms with E-state index in [1.54, 1.807) is 0 Å². The van der Waals surface area contributed by atoms with Crippen LogP contribution in [0.5, 0.6) is 0 Å². The Morgan fingerprint density at radius 3 is 1.62 bits per heavy atom. The lowest BCUT2D eigenvalue weighted by Crippen LogP contribution is -2.38. The van der Waals surface area contributed by atoms with Gasteiger partial charge in [0.15, 0.2) is 0 Å². The van der Waals surface area contributed by atoms with Crippen molar-refractivity contribution in [1.29, 1.82) is 0 Å². The van der Waals surface area contributed by atoms with Gasteiger partial charge in [0.2, 0.25) is 0 Å². The highest BCUT2D eigenvalue weighted by Gasteiger charge is 2.23. The molecule has 0 fully saturated rings. The molecule has 124 valence electrons. The van der Waals surface area contributed by atoms with Crippen molar-refractivity contribution in [3.63, 3.8) is 0 Å². The minimum atomic E-state index is 0.626. The van der Waals surface area contributed by atoms with Crippen molar-refractivity contribution in [2.75, 3.05) is 13.1 Å². The highest BCUT2D eigenvalue weighted by Crippen LogP contribution is 2.20. The molecule has 1 heterocycles. The van der Waals surface area contributed by atoms with Crippen molar-refractivity contribution in [3.8, 4) is 0 Å². The Morgan fingerprint density at radius 2 is 1.10 bits per heavy atom. The van der Waals surface area contributed by atoms with Crippen molar-refractivity contribution in [3.05, 3.63) is 12.4 Å². The van der Waals surface area contributed by atoms with Gasteiger partial charge in [-0.1, -0.05) is 72.1 Å². The predicted octanol–water partition coefficient (Wildman–Crippen LogP) is 5.75. The van der Waals surface area contributed by atoms with Gasteiger partial charge in [0, 0.05) is 25.5 Å². The first kappa shape index (κ1) is 18.4. The van der Waals surface area contributed by atoms with E-state index in [4.69, 9.17) is 0 Å². The van der Waals surface area contributed by atoms with Crippen molar-refractivity contribution in [1.82, 2.24) is 9.80 Å². The van der Waals surface area contributed by atoms with Gasteiger partial charge in [0.05, 0.1) is 0 Å². The molecule has 1 atom stereocenters. The first-order chi connectivity index (χ1) is 10.3. The second-order valence-electron chi connectivity index (χ2n) is 6.49. The van der Waals surface area contributed by atoms with Gasteiger partial charge in [0.1, 0.15) is 6.17 Å². The molecular formula is C19H38N2. The number of nitrogens with zero attached hydrogens (tertiary/aromatic N) is 2. The van der Waals surface area contributed by atoms with Crippen LogP contribution < -0.4 is 0 Å². The molecule has 1 aliphatic rings. The van der Waals surface area contributed by atoms with E-state index in [-0.39, 0.29) is 0 Å². The largest absolute Gasteiger partial charge is 0.356 e. The van der Waals surface area contributed by atoms with E-state index < -0.39 is 0 Å². The Bertz CT molecular complexity index is 262. The average Bonchev–Trinajstić information content (AvgIpc) is 2.89. The fraction of sp³-hybridized carbons (Fsp3) is 0.895. The van der Waals surface area contributed by atoms with Gasteiger partial charge in [-0.15, -0.1) is 0 Å². The minimum Gasteiger partial charge on any atom is -0.356 e. The third-order valence-electron chi connectivity index (χ3n) is 4.62. The smallest absolute Gasteiger partial charge is 0.100 e. The summed E-state index contributed by atoms with van der Waals surface area (Å²) in [6, 6.07) is 0. The normalized spacial score (nSPS) is 18.0. The summed E-state index contributed by atoms with van der Waals surface area (Å²) < 4.78 is 0. The second kappa shape index (κ2) is 11.9. The van der Waals surface area contributed by atoms with Crippen molar-refractivity contribution in [2.45, 2.75) is 97.6 Å². The molecular weight excluding hydrogens is 256 g/mol. The van der Waals surface area contributed by atoms with Crippen LogP contribution in [-0.2, 0) is 0 Å². The van der Waals surface area contributed by atoms with Crippen LogP contribution in [0.1, 0.15) is 91.4 Å². The Hall–Kier alpha value is -0.660. The van der Waals surface area contributed by atoms with E-state index in [9.17, 15) is 0 Å². The first-order valence-electron chi connectivity index (χ1n) is 9.53. The molecule has 0 bridgehead atoms. The molecule has 2 heteroatoms. The zero-order valence-electron chi connectivity index (χ0n) is 14.8. The fourth-order valence-electron chi connectivity index (χ4n) is 3.25. The van der Waals surface area contributed by atoms with Gasteiger partial charge in [-0.25, -0.2) is 0 Å². The highest BCUT2D eigenvalue weighted by atomic mass is 15.4. The topological polar surface area (TPSA) is 6.48 Å². The molecule has 2 nitrogen and oxygen atoms in total. The van der Waals surface area contributed by atoms with Crippen molar-refractivity contribution < 1.29 is 0 Å². The van der Waals surface area contributed by atoms with Crippen LogP contribution in [-0.4, -0.2) is 29.1 Å². The molecule has 0 aromatic heterocycles. The van der Waals surface area contributed by atoms with Gasteiger partial charge in [0.25, 0.3) is 0 Å². The minimum absolute atomic E-state index is 0.626. The Morgan fingerprint density at radius 1 is 0.619 bits per heavy atom. The predicted molar refractivity (Wildman–Crippen MR) is 94.1 cm³/mol. The zero-order valence-corrected chi connectivity index (χ0v) is 14.8. The molecule has 0 aromatic carbocycles. The van der Waals surface area contributed by atoms with Crippen LogP contribution in [0.3, 0.4) is 0 Å². The van der Waals surface area contributed by atoms with Gasteiger partial charge in [-0.2, -0.15) is 0 Å². The highest BCUT2D eigenvalue weighted by molar-refractivity contribution is 4.96. The number of hydrogen-bond donors (Lipinski definition) is 0. The van der Waals surface area contributed by atoms with E-state index in [1.165, 1.54) is 83.7 Å². The fourth-order valence-corrected chi connectivity index (χ4v) is 3.25. The summed E-state index contributed by atoms with van der Waals surface area (Å²) in [7, 11) is 0. The summed E-state index contributed by atoms with van der Waals surface area (Å²) >= 11 is 0. The maximum atomic E-state index is 2.56. The molecule has 0 N–H and O–H groups in total. The molecule has 1 rings (SSSR count). The molecule has 1 aliphatic heterocycles. The van der Waals surface area contributed by atoms with Gasteiger partial charge >= 0.3 is 0 Å². The summed E-state index contributed by atoms with van der Waals surface area (Å²) in [6.07, 6.45) is 20.4. The van der Waals surface area contributed by atoms with Crippen molar-refractivity contribution >= 4 is 0 Å². The van der Waals surface area contributed by atoms with Crippen LogP contribution in [0, 0.1) is 0 Å². The lowest BCUT2D eigenvalue weighted by atomic mass is 10.1. The summed E-state index contributed by atoms with van der Waals surface area (Å²) in [5, 5.41) is 0.